The molecule has 0 amide bonds. The molecule has 0 aliphatic carbocycles. The Morgan fingerprint density at radius 3 is 2.56 bits per heavy atom. The van der Waals surface area contributed by atoms with Crippen LogP contribution in [0.2, 0.25) is 0 Å². The molecule has 0 saturated heterocycles. The molecule has 0 aliphatic heterocycles. The fourth-order valence-electron chi connectivity index (χ4n) is 1.35. The minimum atomic E-state index is -0.837. The summed E-state index contributed by atoms with van der Waals surface area (Å²) in [6, 6.07) is 0. The summed E-state index contributed by atoms with van der Waals surface area (Å²) in [4.78, 5) is 10.6. The van der Waals surface area contributed by atoms with E-state index in [1.807, 2.05) is 11.5 Å². The third-order valence-corrected chi connectivity index (χ3v) is 4.11. The predicted molar refractivity (Wildman–Crippen MR) is 71.7 cm³/mol. The molecule has 5 nitrogen and oxygen atoms in total. The van der Waals surface area contributed by atoms with E-state index in [2.05, 4.69) is 37.9 Å². The van der Waals surface area contributed by atoms with Crippen LogP contribution in [0.3, 0.4) is 0 Å². The molecular weight excluding hydrogens is 250 g/mol. The van der Waals surface area contributed by atoms with Crippen LogP contribution in [0.5, 0.6) is 0 Å². The van der Waals surface area contributed by atoms with Crippen LogP contribution in [0.25, 0.3) is 0 Å². The summed E-state index contributed by atoms with van der Waals surface area (Å²) in [7, 11) is 0. The Labute approximate surface area is 112 Å². The van der Waals surface area contributed by atoms with E-state index in [-0.39, 0.29) is 11.2 Å². The van der Waals surface area contributed by atoms with Crippen LogP contribution in [0, 0.1) is 18.3 Å². The highest BCUT2D eigenvalue weighted by molar-refractivity contribution is 7.99. The Kier molecular flexibility index (Phi) is 4.78. The highest BCUT2D eigenvalue weighted by Gasteiger charge is 2.22. The minimum absolute atomic E-state index is 0.0159. The first kappa shape index (κ1) is 15.0. The van der Waals surface area contributed by atoms with Gasteiger partial charge in [-0.05, 0) is 18.3 Å². The van der Waals surface area contributed by atoms with Gasteiger partial charge >= 0.3 is 5.97 Å². The fourth-order valence-corrected chi connectivity index (χ4v) is 2.07. The molecule has 0 radical (unpaired) electrons. The molecule has 1 aromatic heterocycles. The van der Waals surface area contributed by atoms with Gasteiger partial charge in [0.25, 0.3) is 0 Å². The van der Waals surface area contributed by atoms with Crippen molar-refractivity contribution >= 4 is 17.7 Å². The number of carboxylic acids is 1. The van der Waals surface area contributed by atoms with Crippen molar-refractivity contribution in [3.05, 3.63) is 5.82 Å². The van der Waals surface area contributed by atoms with Gasteiger partial charge in [0.2, 0.25) is 0 Å². The molecular formula is C12H21N3O2S. The smallest absolute Gasteiger partial charge is 0.313 e. The van der Waals surface area contributed by atoms with Crippen molar-refractivity contribution < 1.29 is 9.90 Å². The molecule has 0 aliphatic rings. The Balaban J connectivity index is 2.81. The summed E-state index contributed by atoms with van der Waals surface area (Å²) in [5.74, 6) is 0.466. The van der Waals surface area contributed by atoms with Crippen molar-refractivity contribution in [2.75, 3.05) is 5.75 Å². The number of carboxylic acid groups (broad SMARTS) is 1. The maximum atomic E-state index is 10.6. The number of nitrogens with zero attached hydrogens (tertiary/aromatic N) is 3. The maximum absolute atomic E-state index is 10.6. The first-order valence-electron chi connectivity index (χ1n) is 5.96. The SMILES string of the molecule is Cc1nnc(SCC(=O)O)n1CC(C)C(C)(C)C. The van der Waals surface area contributed by atoms with Gasteiger partial charge in [-0.3, -0.25) is 4.79 Å². The van der Waals surface area contributed by atoms with Crippen LogP contribution in [-0.2, 0) is 11.3 Å². The molecule has 1 N–H and O–H groups in total. The lowest BCUT2D eigenvalue weighted by atomic mass is 9.82. The lowest BCUT2D eigenvalue weighted by Gasteiger charge is -2.28. The van der Waals surface area contributed by atoms with E-state index in [4.69, 9.17) is 5.11 Å². The zero-order valence-electron chi connectivity index (χ0n) is 11.6. The molecule has 1 heterocycles. The Hall–Kier alpha value is -1.04. The first-order chi connectivity index (χ1) is 8.21. The van der Waals surface area contributed by atoms with Crippen LogP contribution >= 0.6 is 11.8 Å². The minimum Gasteiger partial charge on any atom is -0.481 e. The maximum Gasteiger partial charge on any atom is 0.313 e. The van der Waals surface area contributed by atoms with Gasteiger partial charge in [-0.15, -0.1) is 10.2 Å². The number of aromatic nitrogens is 3. The van der Waals surface area contributed by atoms with E-state index in [1.165, 1.54) is 11.8 Å². The van der Waals surface area contributed by atoms with Crippen molar-refractivity contribution in [2.45, 2.75) is 46.3 Å². The van der Waals surface area contributed by atoms with E-state index >= 15 is 0 Å². The highest BCUT2D eigenvalue weighted by atomic mass is 32.2. The third-order valence-electron chi connectivity index (χ3n) is 3.16. The summed E-state index contributed by atoms with van der Waals surface area (Å²) in [6.45, 7) is 11.5. The lowest BCUT2D eigenvalue weighted by Crippen LogP contribution is -2.23. The second-order valence-electron chi connectivity index (χ2n) is 5.59. The van der Waals surface area contributed by atoms with E-state index in [0.717, 1.165) is 12.4 Å². The number of hydrogen-bond donors (Lipinski definition) is 1. The zero-order valence-corrected chi connectivity index (χ0v) is 12.4. The fraction of sp³-hybridized carbons (Fsp3) is 0.750. The summed E-state index contributed by atoms with van der Waals surface area (Å²) in [6.07, 6.45) is 0. The molecule has 1 rings (SSSR count). The summed E-state index contributed by atoms with van der Waals surface area (Å²) in [5, 5.41) is 17.5. The standard InChI is InChI=1S/C12H21N3O2S/c1-8(12(3,4)5)6-15-9(2)13-14-11(15)18-7-10(16)17/h8H,6-7H2,1-5H3,(H,16,17). The normalized spacial score (nSPS) is 13.6. The van der Waals surface area contributed by atoms with Crippen LogP contribution in [0.4, 0.5) is 0 Å². The van der Waals surface area contributed by atoms with Gasteiger partial charge in [-0.1, -0.05) is 39.5 Å². The average Bonchev–Trinajstić information content (AvgIpc) is 2.56. The topological polar surface area (TPSA) is 68.0 Å². The summed E-state index contributed by atoms with van der Waals surface area (Å²) >= 11 is 1.22. The van der Waals surface area contributed by atoms with Gasteiger partial charge in [0.1, 0.15) is 5.82 Å². The van der Waals surface area contributed by atoms with Crippen molar-refractivity contribution in [1.82, 2.24) is 14.8 Å². The quantitative estimate of drug-likeness (QED) is 0.833. The molecule has 0 bridgehead atoms. The van der Waals surface area contributed by atoms with E-state index in [1.54, 1.807) is 0 Å². The van der Waals surface area contributed by atoms with E-state index in [9.17, 15) is 4.79 Å². The van der Waals surface area contributed by atoms with Gasteiger partial charge < -0.3 is 9.67 Å². The van der Waals surface area contributed by atoms with E-state index in [0.29, 0.717) is 11.1 Å². The Morgan fingerprint density at radius 1 is 1.44 bits per heavy atom. The van der Waals surface area contributed by atoms with Crippen molar-refractivity contribution in [3.8, 4) is 0 Å². The van der Waals surface area contributed by atoms with Crippen molar-refractivity contribution in [2.24, 2.45) is 11.3 Å². The number of hydrogen-bond acceptors (Lipinski definition) is 4. The molecule has 0 saturated carbocycles. The number of rotatable bonds is 5. The van der Waals surface area contributed by atoms with Crippen LogP contribution in [0.1, 0.15) is 33.5 Å². The summed E-state index contributed by atoms with van der Waals surface area (Å²) in [5.41, 5.74) is 0.200. The van der Waals surface area contributed by atoms with Gasteiger partial charge in [0.05, 0.1) is 5.75 Å². The van der Waals surface area contributed by atoms with Crippen LogP contribution in [-0.4, -0.2) is 31.6 Å². The molecule has 1 atom stereocenters. The molecule has 0 fully saturated rings. The molecule has 102 valence electrons. The molecule has 0 spiro atoms. The van der Waals surface area contributed by atoms with Gasteiger partial charge in [0.15, 0.2) is 5.16 Å². The summed E-state index contributed by atoms with van der Waals surface area (Å²) < 4.78 is 2.00. The zero-order chi connectivity index (χ0) is 13.9. The van der Waals surface area contributed by atoms with Gasteiger partial charge in [0, 0.05) is 6.54 Å². The van der Waals surface area contributed by atoms with Crippen molar-refractivity contribution in [3.63, 3.8) is 0 Å². The number of aliphatic carboxylic acids is 1. The molecule has 1 aromatic rings. The second kappa shape index (κ2) is 5.73. The monoisotopic (exact) mass is 271 g/mol. The molecule has 1 unspecified atom stereocenters. The largest absolute Gasteiger partial charge is 0.481 e. The number of aryl methyl sites for hydroxylation is 1. The van der Waals surface area contributed by atoms with Gasteiger partial charge in [-0.2, -0.15) is 0 Å². The lowest BCUT2D eigenvalue weighted by molar-refractivity contribution is -0.133. The van der Waals surface area contributed by atoms with E-state index < -0.39 is 5.97 Å². The Bertz CT molecular complexity index is 423. The second-order valence-corrected chi connectivity index (χ2v) is 6.53. The molecule has 18 heavy (non-hydrogen) atoms. The van der Waals surface area contributed by atoms with Crippen LogP contribution < -0.4 is 0 Å². The highest BCUT2D eigenvalue weighted by Crippen LogP contribution is 2.28. The Morgan fingerprint density at radius 2 is 2.06 bits per heavy atom. The first-order valence-corrected chi connectivity index (χ1v) is 6.94. The van der Waals surface area contributed by atoms with Crippen molar-refractivity contribution in [1.29, 1.82) is 0 Å². The molecule has 6 heteroatoms. The van der Waals surface area contributed by atoms with Gasteiger partial charge in [-0.25, -0.2) is 0 Å². The van der Waals surface area contributed by atoms with Crippen LogP contribution in [0.15, 0.2) is 5.16 Å². The average molecular weight is 271 g/mol. The number of thioether (sulfide) groups is 1. The third kappa shape index (κ3) is 4.01. The predicted octanol–water partition coefficient (Wildman–Crippen LogP) is 2.45. The number of carbonyl (C=O) groups is 1. The molecule has 0 aromatic carbocycles.